The Bertz CT molecular complexity index is 516. The number of hydrogen-bond donors (Lipinski definition) is 2. The highest BCUT2D eigenvalue weighted by Gasteiger charge is 2.09. The van der Waals surface area contributed by atoms with Crippen LogP contribution >= 0.6 is 24.0 Å². The molecule has 1 heterocycles. The number of piperidine rings is 1. The van der Waals surface area contributed by atoms with Crippen LogP contribution in [0, 0.1) is 0 Å². The molecule has 0 saturated carbocycles. The van der Waals surface area contributed by atoms with E-state index in [1.54, 1.807) is 0 Å². The third-order valence-electron chi connectivity index (χ3n) is 4.12. The molecule has 2 rings (SSSR count). The molecule has 0 bridgehead atoms. The first-order valence-electron chi connectivity index (χ1n) is 9.10. The molecule has 1 aromatic rings. The van der Waals surface area contributed by atoms with Gasteiger partial charge in [-0.3, -0.25) is 4.99 Å². The van der Waals surface area contributed by atoms with Crippen molar-refractivity contribution in [2.45, 2.75) is 45.8 Å². The van der Waals surface area contributed by atoms with E-state index in [0.717, 1.165) is 31.3 Å². The highest BCUT2D eigenvalue weighted by Crippen LogP contribution is 2.14. The monoisotopic (exact) mass is 460 g/mol. The molecule has 1 saturated heterocycles. The lowest BCUT2D eigenvalue weighted by atomic mass is 10.1. The van der Waals surface area contributed by atoms with Crippen molar-refractivity contribution in [3.8, 4) is 5.75 Å². The number of nitrogens with one attached hydrogen (secondary N) is 2. The highest BCUT2D eigenvalue weighted by molar-refractivity contribution is 14.0. The van der Waals surface area contributed by atoms with Gasteiger partial charge in [-0.15, -0.1) is 24.0 Å². The normalized spacial score (nSPS) is 15.6. The molecule has 0 aliphatic carbocycles. The molecular formula is C19H33IN4O. The lowest BCUT2D eigenvalue weighted by molar-refractivity contribution is 0.232. The number of benzene rings is 1. The molecule has 142 valence electrons. The second-order valence-electron chi connectivity index (χ2n) is 6.57. The predicted octanol–water partition coefficient (Wildman–Crippen LogP) is 3.24. The van der Waals surface area contributed by atoms with E-state index < -0.39 is 0 Å². The SMILES string of the molecule is CN=C(NCCN1CCCCC1)NCc1cccc(OC(C)C)c1.I. The number of halogens is 1. The van der Waals surface area contributed by atoms with Crippen molar-refractivity contribution in [3.63, 3.8) is 0 Å². The summed E-state index contributed by atoms with van der Waals surface area (Å²) in [4.78, 5) is 6.83. The number of ether oxygens (including phenoxy) is 1. The maximum atomic E-state index is 5.74. The van der Waals surface area contributed by atoms with Crippen LogP contribution in [0.3, 0.4) is 0 Å². The molecule has 1 fully saturated rings. The van der Waals surface area contributed by atoms with Gasteiger partial charge in [-0.2, -0.15) is 0 Å². The second-order valence-corrected chi connectivity index (χ2v) is 6.57. The molecule has 0 unspecified atom stereocenters. The molecule has 0 spiro atoms. The van der Waals surface area contributed by atoms with Crippen molar-refractivity contribution in [1.29, 1.82) is 0 Å². The van der Waals surface area contributed by atoms with Gasteiger partial charge in [0.1, 0.15) is 5.75 Å². The Balaban J connectivity index is 0.00000312. The van der Waals surface area contributed by atoms with E-state index in [1.165, 1.54) is 37.9 Å². The average Bonchev–Trinajstić information content (AvgIpc) is 2.58. The Hall–Kier alpha value is -1.02. The molecule has 1 aromatic carbocycles. The molecule has 5 nitrogen and oxygen atoms in total. The van der Waals surface area contributed by atoms with Crippen LogP contribution in [0.4, 0.5) is 0 Å². The number of rotatable bonds is 7. The molecular weight excluding hydrogens is 427 g/mol. The third-order valence-corrected chi connectivity index (χ3v) is 4.12. The van der Waals surface area contributed by atoms with E-state index in [4.69, 9.17) is 4.74 Å². The minimum absolute atomic E-state index is 0. The zero-order valence-electron chi connectivity index (χ0n) is 15.8. The average molecular weight is 460 g/mol. The smallest absolute Gasteiger partial charge is 0.191 e. The van der Waals surface area contributed by atoms with Crippen LogP contribution in [0.1, 0.15) is 38.7 Å². The van der Waals surface area contributed by atoms with Crippen LogP contribution in [0.5, 0.6) is 5.75 Å². The fourth-order valence-electron chi connectivity index (χ4n) is 2.92. The summed E-state index contributed by atoms with van der Waals surface area (Å²) in [5, 5.41) is 6.77. The van der Waals surface area contributed by atoms with Gasteiger partial charge in [-0.1, -0.05) is 18.6 Å². The zero-order chi connectivity index (χ0) is 17.2. The first kappa shape index (κ1) is 22.0. The molecule has 0 amide bonds. The fraction of sp³-hybridized carbons (Fsp3) is 0.632. The van der Waals surface area contributed by atoms with Gasteiger partial charge in [0.05, 0.1) is 6.10 Å². The van der Waals surface area contributed by atoms with Crippen molar-refractivity contribution in [2.24, 2.45) is 4.99 Å². The van der Waals surface area contributed by atoms with E-state index in [2.05, 4.69) is 32.7 Å². The Morgan fingerprint density at radius 1 is 1.20 bits per heavy atom. The number of likely N-dealkylation sites (tertiary alicyclic amines) is 1. The van der Waals surface area contributed by atoms with Crippen LogP contribution < -0.4 is 15.4 Å². The van der Waals surface area contributed by atoms with Crippen LogP contribution in [-0.2, 0) is 6.54 Å². The quantitative estimate of drug-likeness (QED) is 0.373. The standard InChI is InChI=1S/C19H32N4O.HI/c1-16(2)24-18-9-7-8-17(14-18)15-22-19(20-3)21-10-13-23-11-5-4-6-12-23;/h7-9,14,16H,4-6,10-13,15H2,1-3H3,(H2,20,21,22);1H. The Labute approximate surface area is 169 Å². The van der Waals surface area contributed by atoms with Crippen LogP contribution in [-0.4, -0.2) is 50.2 Å². The van der Waals surface area contributed by atoms with Gasteiger partial charge >= 0.3 is 0 Å². The lowest BCUT2D eigenvalue weighted by Gasteiger charge is -2.26. The summed E-state index contributed by atoms with van der Waals surface area (Å²) in [6, 6.07) is 8.20. The summed E-state index contributed by atoms with van der Waals surface area (Å²) < 4.78 is 5.74. The Morgan fingerprint density at radius 2 is 1.96 bits per heavy atom. The molecule has 0 radical (unpaired) electrons. The maximum absolute atomic E-state index is 5.74. The topological polar surface area (TPSA) is 48.9 Å². The molecule has 0 atom stereocenters. The van der Waals surface area contributed by atoms with Gasteiger partial charge in [0.25, 0.3) is 0 Å². The summed E-state index contributed by atoms with van der Waals surface area (Å²) in [6.45, 7) is 9.29. The van der Waals surface area contributed by atoms with E-state index >= 15 is 0 Å². The van der Waals surface area contributed by atoms with Gasteiger partial charge in [0.15, 0.2) is 5.96 Å². The van der Waals surface area contributed by atoms with Crippen LogP contribution in [0.15, 0.2) is 29.3 Å². The largest absolute Gasteiger partial charge is 0.491 e. The Kier molecular flexibility index (Phi) is 10.9. The summed E-state index contributed by atoms with van der Waals surface area (Å²) in [7, 11) is 1.81. The molecule has 2 N–H and O–H groups in total. The van der Waals surface area contributed by atoms with Gasteiger partial charge in [0, 0.05) is 26.7 Å². The molecule has 6 heteroatoms. The van der Waals surface area contributed by atoms with Crippen molar-refractivity contribution in [2.75, 3.05) is 33.2 Å². The third kappa shape index (κ3) is 8.76. The van der Waals surface area contributed by atoms with Gasteiger partial charge in [-0.25, -0.2) is 0 Å². The van der Waals surface area contributed by atoms with E-state index in [1.807, 2.05) is 33.0 Å². The lowest BCUT2D eigenvalue weighted by Crippen LogP contribution is -2.42. The van der Waals surface area contributed by atoms with E-state index in [9.17, 15) is 0 Å². The molecule has 1 aliphatic heterocycles. The minimum Gasteiger partial charge on any atom is -0.491 e. The van der Waals surface area contributed by atoms with Gasteiger partial charge in [-0.05, 0) is 57.5 Å². The zero-order valence-corrected chi connectivity index (χ0v) is 18.1. The summed E-state index contributed by atoms with van der Waals surface area (Å²) in [5.41, 5.74) is 1.19. The van der Waals surface area contributed by atoms with Crippen molar-refractivity contribution in [1.82, 2.24) is 15.5 Å². The van der Waals surface area contributed by atoms with Crippen LogP contribution in [0.2, 0.25) is 0 Å². The number of guanidine groups is 1. The minimum atomic E-state index is 0. The second kappa shape index (κ2) is 12.4. The first-order chi connectivity index (χ1) is 11.7. The van der Waals surface area contributed by atoms with Gasteiger partial charge in [0.2, 0.25) is 0 Å². The molecule has 0 aromatic heterocycles. The predicted molar refractivity (Wildman–Crippen MR) is 116 cm³/mol. The molecule has 1 aliphatic rings. The Morgan fingerprint density at radius 3 is 2.64 bits per heavy atom. The van der Waals surface area contributed by atoms with Crippen molar-refractivity contribution in [3.05, 3.63) is 29.8 Å². The highest BCUT2D eigenvalue weighted by atomic mass is 127. The summed E-state index contributed by atoms with van der Waals surface area (Å²) >= 11 is 0. The van der Waals surface area contributed by atoms with Crippen LogP contribution in [0.25, 0.3) is 0 Å². The summed E-state index contributed by atoms with van der Waals surface area (Å²) in [6.07, 6.45) is 4.24. The summed E-state index contributed by atoms with van der Waals surface area (Å²) in [5.74, 6) is 1.76. The fourth-order valence-corrected chi connectivity index (χ4v) is 2.92. The number of aliphatic imine (C=N–C) groups is 1. The first-order valence-corrected chi connectivity index (χ1v) is 9.10. The maximum Gasteiger partial charge on any atom is 0.191 e. The van der Waals surface area contributed by atoms with Crippen molar-refractivity contribution < 1.29 is 4.74 Å². The number of hydrogen-bond acceptors (Lipinski definition) is 3. The van der Waals surface area contributed by atoms with Gasteiger partial charge < -0.3 is 20.3 Å². The van der Waals surface area contributed by atoms with E-state index in [0.29, 0.717) is 0 Å². The van der Waals surface area contributed by atoms with E-state index in [-0.39, 0.29) is 30.1 Å². The van der Waals surface area contributed by atoms with Crippen molar-refractivity contribution >= 4 is 29.9 Å². The number of nitrogens with zero attached hydrogens (tertiary/aromatic N) is 2. The molecule has 25 heavy (non-hydrogen) atoms.